The van der Waals surface area contributed by atoms with E-state index in [0.29, 0.717) is 6.54 Å². The highest BCUT2D eigenvalue weighted by molar-refractivity contribution is 7.21. The van der Waals surface area contributed by atoms with Crippen LogP contribution >= 0.6 is 11.3 Å². The fourth-order valence-corrected chi connectivity index (χ4v) is 4.90. The molecule has 0 saturated carbocycles. The molecule has 2 aromatic heterocycles. The van der Waals surface area contributed by atoms with Gasteiger partial charge in [-0.25, -0.2) is 0 Å². The lowest BCUT2D eigenvalue weighted by Crippen LogP contribution is -3.11. The van der Waals surface area contributed by atoms with Crippen LogP contribution in [0.25, 0.3) is 10.1 Å². The number of carbonyl (C=O) groups is 1. The predicted octanol–water partition coefficient (Wildman–Crippen LogP) is 2.95. The van der Waals surface area contributed by atoms with Crippen LogP contribution < -0.4 is 10.2 Å². The molecule has 3 aromatic rings. The zero-order valence-electron chi connectivity index (χ0n) is 14.4. The molecule has 1 fully saturated rings. The number of hydrogen-bond acceptors (Lipinski definition) is 3. The molecule has 1 aliphatic rings. The van der Waals surface area contributed by atoms with Gasteiger partial charge in [-0.3, -0.25) is 4.79 Å². The predicted molar refractivity (Wildman–Crippen MR) is 100 cm³/mol. The molecule has 2 N–H and O–H groups in total. The minimum atomic E-state index is 0.0221. The lowest BCUT2D eigenvalue weighted by molar-refractivity contribution is -0.919. The molecular formula is C20H23N2O2S+. The Balaban J connectivity index is 1.52. The fraction of sp³-hybridized carbons (Fsp3) is 0.350. The van der Waals surface area contributed by atoms with E-state index >= 15 is 0 Å². The van der Waals surface area contributed by atoms with E-state index in [1.807, 2.05) is 31.2 Å². The highest BCUT2D eigenvalue weighted by Crippen LogP contribution is 2.30. The molecule has 3 heterocycles. The summed E-state index contributed by atoms with van der Waals surface area (Å²) in [5.41, 5.74) is 1.07. The molecule has 5 heteroatoms. The Hall–Kier alpha value is -2.11. The van der Waals surface area contributed by atoms with Gasteiger partial charge < -0.3 is 14.6 Å². The van der Waals surface area contributed by atoms with Crippen molar-refractivity contribution in [2.45, 2.75) is 25.8 Å². The van der Waals surface area contributed by atoms with Crippen LogP contribution in [0.15, 0.2) is 47.1 Å². The number of likely N-dealkylation sites (tertiary alicyclic amines) is 1. The van der Waals surface area contributed by atoms with E-state index in [1.165, 1.54) is 23.1 Å². The highest BCUT2D eigenvalue weighted by Gasteiger charge is 2.30. The maximum absolute atomic E-state index is 12.8. The number of nitrogens with one attached hydrogen (secondary N) is 2. The summed E-state index contributed by atoms with van der Waals surface area (Å²) in [6.07, 6.45) is 4.21. The zero-order valence-corrected chi connectivity index (χ0v) is 15.2. The summed E-state index contributed by atoms with van der Waals surface area (Å²) < 4.78 is 6.81. The normalized spacial score (nSPS) is 16.4. The van der Waals surface area contributed by atoms with Gasteiger partial charge in [0.25, 0.3) is 5.91 Å². The van der Waals surface area contributed by atoms with E-state index < -0.39 is 0 Å². The Labute approximate surface area is 151 Å². The zero-order chi connectivity index (χ0) is 17.2. The number of hydrogen-bond donors (Lipinski definition) is 2. The summed E-state index contributed by atoms with van der Waals surface area (Å²) in [5, 5.41) is 4.33. The van der Waals surface area contributed by atoms with Crippen molar-refractivity contribution in [3.63, 3.8) is 0 Å². The van der Waals surface area contributed by atoms with Crippen LogP contribution in [0.5, 0.6) is 0 Å². The number of rotatable bonds is 5. The maximum Gasteiger partial charge on any atom is 0.261 e. The molecule has 1 aromatic carbocycles. The summed E-state index contributed by atoms with van der Waals surface area (Å²) in [6, 6.07) is 12.3. The molecule has 0 unspecified atom stereocenters. The molecule has 4 rings (SSSR count). The smallest absolute Gasteiger partial charge is 0.261 e. The van der Waals surface area contributed by atoms with Crippen molar-refractivity contribution in [1.29, 1.82) is 0 Å². The maximum atomic E-state index is 12.8. The Morgan fingerprint density at radius 1 is 1.24 bits per heavy atom. The Morgan fingerprint density at radius 3 is 2.76 bits per heavy atom. The van der Waals surface area contributed by atoms with Gasteiger partial charge in [0.15, 0.2) is 11.8 Å². The molecule has 0 aliphatic carbocycles. The van der Waals surface area contributed by atoms with Crippen molar-refractivity contribution < 1.29 is 14.1 Å². The summed E-state index contributed by atoms with van der Waals surface area (Å²) in [6.45, 7) is 4.92. The average molecular weight is 355 g/mol. The van der Waals surface area contributed by atoms with Crippen LogP contribution in [-0.4, -0.2) is 25.5 Å². The van der Waals surface area contributed by atoms with Gasteiger partial charge in [0.05, 0.1) is 30.8 Å². The number of quaternary nitrogens is 1. The van der Waals surface area contributed by atoms with Crippen LogP contribution in [0.1, 0.15) is 39.9 Å². The standard InChI is InChI=1S/C20H22N2O2S/c1-14-15-7-2-3-9-18(15)25-19(14)20(23)21-13-16(17-8-6-12-24-17)22-10-4-5-11-22/h2-3,6-9,12,16H,4-5,10-11,13H2,1H3,(H,21,23)/p+1/t16-/m0/s1. The van der Waals surface area contributed by atoms with E-state index in [-0.39, 0.29) is 11.9 Å². The summed E-state index contributed by atoms with van der Waals surface area (Å²) in [7, 11) is 0. The number of thiophene rings is 1. The number of benzene rings is 1. The molecule has 0 spiro atoms. The largest absolute Gasteiger partial charge is 0.463 e. The Kier molecular flexibility index (Phi) is 4.59. The number of carbonyl (C=O) groups excluding carboxylic acids is 1. The van der Waals surface area contributed by atoms with Crippen LogP contribution in [0.2, 0.25) is 0 Å². The second kappa shape index (κ2) is 7.02. The first kappa shape index (κ1) is 16.4. The highest BCUT2D eigenvalue weighted by atomic mass is 32.1. The van der Waals surface area contributed by atoms with Gasteiger partial charge in [0, 0.05) is 17.5 Å². The minimum Gasteiger partial charge on any atom is -0.463 e. The third-order valence-corrected chi connectivity index (χ3v) is 6.41. The van der Waals surface area contributed by atoms with Crippen LogP contribution in [0.4, 0.5) is 0 Å². The van der Waals surface area contributed by atoms with Crippen LogP contribution in [0.3, 0.4) is 0 Å². The number of furan rings is 1. The first-order valence-electron chi connectivity index (χ1n) is 8.88. The lowest BCUT2D eigenvalue weighted by atomic mass is 10.1. The number of amides is 1. The Morgan fingerprint density at radius 2 is 2.04 bits per heavy atom. The van der Waals surface area contributed by atoms with Crippen LogP contribution in [0, 0.1) is 6.92 Å². The van der Waals surface area contributed by atoms with Gasteiger partial charge >= 0.3 is 0 Å². The summed E-state index contributed by atoms with van der Waals surface area (Å²) in [5.74, 6) is 0.985. The molecule has 25 heavy (non-hydrogen) atoms. The lowest BCUT2D eigenvalue weighted by Gasteiger charge is -2.23. The van der Waals surface area contributed by atoms with Gasteiger partial charge in [0.1, 0.15) is 0 Å². The van der Waals surface area contributed by atoms with Gasteiger partial charge in [-0.1, -0.05) is 18.2 Å². The van der Waals surface area contributed by atoms with E-state index in [0.717, 1.165) is 34.0 Å². The molecule has 1 amide bonds. The van der Waals surface area contributed by atoms with Crippen molar-refractivity contribution in [3.8, 4) is 0 Å². The first-order valence-corrected chi connectivity index (χ1v) is 9.70. The van der Waals surface area contributed by atoms with Crippen LogP contribution in [-0.2, 0) is 0 Å². The second-order valence-electron chi connectivity index (χ2n) is 6.70. The quantitative estimate of drug-likeness (QED) is 0.739. The van der Waals surface area contributed by atoms with Gasteiger partial charge in [-0.2, -0.15) is 0 Å². The molecule has 4 nitrogen and oxygen atoms in total. The molecule has 1 aliphatic heterocycles. The van der Waals surface area contributed by atoms with Crippen molar-refractivity contribution in [2.75, 3.05) is 19.6 Å². The topological polar surface area (TPSA) is 46.7 Å². The third-order valence-electron chi connectivity index (χ3n) is 5.14. The molecule has 0 radical (unpaired) electrons. The summed E-state index contributed by atoms with van der Waals surface area (Å²) >= 11 is 1.57. The van der Waals surface area contributed by atoms with Gasteiger partial charge in [-0.05, 0) is 36.1 Å². The number of aryl methyl sites for hydroxylation is 1. The van der Waals surface area contributed by atoms with Gasteiger partial charge in [-0.15, -0.1) is 11.3 Å². The van der Waals surface area contributed by atoms with Crippen molar-refractivity contribution >= 4 is 27.3 Å². The van der Waals surface area contributed by atoms with E-state index in [9.17, 15) is 4.79 Å². The monoisotopic (exact) mass is 355 g/mol. The SMILES string of the molecule is Cc1c(C(=O)NC[C@@H](c2ccco2)[NH+]2CCCC2)sc2ccccc12. The Bertz CT molecular complexity index is 863. The second-order valence-corrected chi connectivity index (χ2v) is 7.75. The summed E-state index contributed by atoms with van der Waals surface area (Å²) in [4.78, 5) is 15.1. The van der Waals surface area contributed by atoms with Crippen molar-refractivity contribution in [2.24, 2.45) is 0 Å². The molecule has 1 atom stereocenters. The van der Waals surface area contributed by atoms with E-state index in [4.69, 9.17) is 4.42 Å². The molecule has 0 bridgehead atoms. The molecule has 1 saturated heterocycles. The minimum absolute atomic E-state index is 0.0221. The van der Waals surface area contributed by atoms with Crippen molar-refractivity contribution in [3.05, 3.63) is 58.9 Å². The fourth-order valence-electron chi connectivity index (χ4n) is 3.78. The molecule has 130 valence electrons. The third kappa shape index (κ3) is 3.22. The van der Waals surface area contributed by atoms with E-state index in [2.05, 4.69) is 17.4 Å². The van der Waals surface area contributed by atoms with Crippen molar-refractivity contribution in [1.82, 2.24) is 5.32 Å². The first-order chi connectivity index (χ1) is 12.2. The van der Waals surface area contributed by atoms with E-state index in [1.54, 1.807) is 17.6 Å². The number of fused-ring (bicyclic) bond motifs is 1. The average Bonchev–Trinajstić information content (AvgIpc) is 3.37. The molecular weight excluding hydrogens is 332 g/mol. The van der Waals surface area contributed by atoms with Gasteiger partial charge in [0.2, 0.25) is 0 Å².